The Labute approximate surface area is 162 Å². The minimum atomic E-state index is -0.0577. The number of hydrogen-bond acceptors (Lipinski definition) is 5. The molecule has 0 aromatic heterocycles. The number of rotatable bonds is 3. The van der Waals surface area contributed by atoms with E-state index >= 15 is 0 Å². The van der Waals surface area contributed by atoms with Crippen molar-refractivity contribution in [2.24, 2.45) is 10.1 Å². The molecule has 1 atom stereocenters. The number of halogens is 1. The van der Waals surface area contributed by atoms with E-state index in [0.29, 0.717) is 0 Å². The third-order valence-corrected chi connectivity index (χ3v) is 5.12. The average molecular weight is 418 g/mol. The quantitative estimate of drug-likeness (QED) is 0.681. The number of quaternary nitrogens is 1. The standard InChI is InChI=1S/C18H19N5S.BrH/c1-18(2)13-19-17(24-18)23-21-16(14-9-5-3-6-10-14)20-22(23)15-11-7-4-8-12-15;/h3-13,17H,1-2H3,(H,20,21);1H. The SMILES string of the molecule is CC1(C)C=NC(N2N=C(c3ccccc3)[NH2+]N2c2ccccc2)S1.[Br-]. The molecule has 0 bridgehead atoms. The van der Waals surface area contributed by atoms with Gasteiger partial charge in [0.2, 0.25) is 5.50 Å². The predicted molar refractivity (Wildman–Crippen MR) is 99.6 cm³/mol. The van der Waals surface area contributed by atoms with Crippen molar-refractivity contribution >= 4 is 29.5 Å². The number of hydrazine groups is 1. The number of benzene rings is 2. The Morgan fingerprint density at radius 3 is 2.24 bits per heavy atom. The highest BCUT2D eigenvalue weighted by atomic mass is 79.9. The van der Waals surface area contributed by atoms with E-state index in [0.717, 1.165) is 17.1 Å². The molecule has 2 heterocycles. The highest BCUT2D eigenvalue weighted by molar-refractivity contribution is 8.02. The highest BCUT2D eigenvalue weighted by Crippen LogP contribution is 2.37. The number of aliphatic imine (C=N–C) groups is 1. The van der Waals surface area contributed by atoms with Crippen LogP contribution in [0.25, 0.3) is 0 Å². The molecule has 5 nitrogen and oxygen atoms in total. The van der Waals surface area contributed by atoms with E-state index in [1.807, 2.05) is 47.7 Å². The van der Waals surface area contributed by atoms with Crippen molar-refractivity contribution < 1.29 is 22.4 Å². The Morgan fingerprint density at radius 1 is 1.00 bits per heavy atom. The minimum Gasteiger partial charge on any atom is -1.00 e. The van der Waals surface area contributed by atoms with Crippen LogP contribution >= 0.6 is 11.8 Å². The molecule has 25 heavy (non-hydrogen) atoms. The van der Waals surface area contributed by atoms with Gasteiger partial charge in [0.25, 0.3) is 5.84 Å². The van der Waals surface area contributed by atoms with Gasteiger partial charge in [0.15, 0.2) is 0 Å². The van der Waals surface area contributed by atoms with Crippen LogP contribution in [0.4, 0.5) is 5.69 Å². The molecular weight excluding hydrogens is 398 g/mol. The molecule has 2 aromatic carbocycles. The van der Waals surface area contributed by atoms with E-state index in [1.165, 1.54) is 0 Å². The molecule has 1 unspecified atom stereocenters. The predicted octanol–water partition coefficient (Wildman–Crippen LogP) is -0.552. The van der Waals surface area contributed by atoms with Crippen LogP contribution in [0.3, 0.4) is 0 Å². The number of para-hydroxylation sites is 1. The normalized spacial score (nSPS) is 21.2. The van der Waals surface area contributed by atoms with Gasteiger partial charge in [-0.1, -0.05) is 53.3 Å². The fourth-order valence-corrected chi connectivity index (χ4v) is 3.74. The van der Waals surface area contributed by atoms with Gasteiger partial charge in [-0.2, -0.15) is 5.43 Å². The van der Waals surface area contributed by atoms with Gasteiger partial charge in [-0.3, -0.25) is 4.99 Å². The van der Waals surface area contributed by atoms with Crippen LogP contribution in [0.15, 0.2) is 70.8 Å². The second-order valence-corrected chi connectivity index (χ2v) is 8.02. The molecule has 0 saturated heterocycles. The number of anilines is 1. The summed E-state index contributed by atoms with van der Waals surface area (Å²) < 4.78 is 0.0258. The Kier molecular flexibility index (Phi) is 5.17. The monoisotopic (exact) mass is 417 g/mol. The first-order chi connectivity index (χ1) is 11.6. The lowest BCUT2D eigenvalue weighted by atomic mass is 10.2. The van der Waals surface area contributed by atoms with E-state index < -0.39 is 0 Å². The topological polar surface area (TPSA) is 47.8 Å². The molecule has 0 spiro atoms. The van der Waals surface area contributed by atoms with Crippen molar-refractivity contribution in [1.82, 2.24) is 5.12 Å². The van der Waals surface area contributed by atoms with Crippen LogP contribution in [0.5, 0.6) is 0 Å². The van der Waals surface area contributed by atoms with Crippen molar-refractivity contribution in [2.75, 3.05) is 5.12 Å². The van der Waals surface area contributed by atoms with Crippen molar-refractivity contribution in [3.63, 3.8) is 0 Å². The fourth-order valence-electron chi connectivity index (χ4n) is 2.71. The van der Waals surface area contributed by atoms with Gasteiger partial charge in [-0.25, -0.2) is 0 Å². The van der Waals surface area contributed by atoms with Gasteiger partial charge in [0, 0.05) is 11.0 Å². The summed E-state index contributed by atoms with van der Waals surface area (Å²) in [5, 5.41) is 8.90. The molecule has 2 aliphatic heterocycles. The molecule has 7 heteroatoms. The van der Waals surface area contributed by atoms with Gasteiger partial charge in [-0.15, -0.1) is 10.2 Å². The van der Waals surface area contributed by atoms with Crippen LogP contribution < -0.4 is 27.5 Å². The van der Waals surface area contributed by atoms with Crippen LogP contribution in [0.2, 0.25) is 0 Å². The maximum absolute atomic E-state index is 4.85. The molecule has 0 saturated carbocycles. The summed E-state index contributed by atoms with van der Waals surface area (Å²) in [6.45, 7) is 4.35. The molecule has 2 aliphatic rings. The van der Waals surface area contributed by atoms with Crippen LogP contribution in [-0.2, 0) is 0 Å². The molecular formula is C18H20BrN5S. The largest absolute Gasteiger partial charge is 1.00 e. The molecule has 0 radical (unpaired) electrons. The molecule has 2 N–H and O–H groups in total. The van der Waals surface area contributed by atoms with Crippen LogP contribution in [0, 0.1) is 0 Å². The fraction of sp³-hybridized carbons (Fsp3) is 0.222. The minimum absolute atomic E-state index is 0. The molecule has 2 aromatic rings. The lowest BCUT2D eigenvalue weighted by Gasteiger charge is -2.27. The Balaban J connectivity index is 0.00000182. The third kappa shape index (κ3) is 3.73. The summed E-state index contributed by atoms with van der Waals surface area (Å²) in [5.74, 6) is 0.944. The number of nitrogens with two attached hydrogens (primary N) is 1. The van der Waals surface area contributed by atoms with E-state index in [4.69, 9.17) is 5.10 Å². The van der Waals surface area contributed by atoms with Crippen molar-refractivity contribution in [1.29, 1.82) is 0 Å². The van der Waals surface area contributed by atoms with Gasteiger partial charge in [0.05, 0.1) is 5.56 Å². The third-order valence-electron chi connectivity index (χ3n) is 3.89. The summed E-state index contributed by atoms with van der Waals surface area (Å²) in [6.07, 6.45) is 2.02. The molecule has 0 aliphatic carbocycles. The Hall–Kier alpha value is -1.83. The first-order valence-electron chi connectivity index (χ1n) is 7.97. The number of amidine groups is 1. The second-order valence-electron chi connectivity index (χ2n) is 6.31. The Morgan fingerprint density at radius 2 is 1.64 bits per heavy atom. The van der Waals surface area contributed by atoms with Gasteiger partial charge in [-0.05, 0) is 38.1 Å². The zero-order chi connectivity index (χ0) is 16.6. The summed E-state index contributed by atoms with van der Waals surface area (Å²) in [5.41, 5.74) is 4.20. The number of nitrogens with zero attached hydrogens (tertiary/aromatic N) is 4. The van der Waals surface area contributed by atoms with E-state index in [1.54, 1.807) is 11.8 Å². The summed E-state index contributed by atoms with van der Waals surface area (Å²) in [6, 6.07) is 20.5. The average Bonchev–Trinajstić information content (AvgIpc) is 3.20. The zero-order valence-corrected chi connectivity index (χ0v) is 16.5. The summed E-state index contributed by atoms with van der Waals surface area (Å²) in [4.78, 5) is 4.67. The maximum Gasteiger partial charge on any atom is 0.276 e. The summed E-state index contributed by atoms with van der Waals surface area (Å²) >= 11 is 1.80. The van der Waals surface area contributed by atoms with Crippen molar-refractivity contribution in [3.05, 3.63) is 66.2 Å². The number of thioether (sulfide) groups is 1. The molecule has 0 fully saturated rings. The molecule has 4 rings (SSSR count). The Bertz CT molecular complexity index is 779. The van der Waals surface area contributed by atoms with Crippen molar-refractivity contribution in [2.45, 2.75) is 24.1 Å². The van der Waals surface area contributed by atoms with Gasteiger partial charge in [0.1, 0.15) is 5.69 Å². The highest BCUT2D eigenvalue weighted by Gasteiger charge is 2.40. The zero-order valence-electron chi connectivity index (χ0n) is 14.1. The van der Waals surface area contributed by atoms with Crippen LogP contribution in [0.1, 0.15) is 19.4 Å². The van der Waals surface area contributed by atoms with Crippen molar-refractivity contribution in [3.8, 4) is 0 Å². The lowest BCUT2D eigenvalue weighted by molar-refractivity contribution is -0.565. The number of hydrogen-bond donors (Lipinski definition) is 1. The van der Waals surface area contributed by atoms with Gasteiger partial charge < -0.3 is 17.0 Å². The lowest BCUT2D eigenvalue weighted by Crippen LogP contribution is -3.00. The number of hydrazone groups is 1. The van der Waals surface area contributed by atoms with E-state index in [-0.39, 0.29) is 27.2 Å². The smallest absolute Gasteiger partial charge is 0.276 e. The summed E-state index contributed by atoms with van der Waals surface area (Å²) in [7, 11) is 0. The van der Waals surface area contributed by atoms with E-state index in [9.17, 15) is 0 Å². The molecule has 0 amide bonds. The van der Waals surface area contributed by atoms with Gasteiger partial charge >= 0.3 is 0 Å². The van der Waals surface area contributed by atoms with Crippen LogP contribution in [-0.4, -0.2) is 27.4 Å². The molecule has 130 valence electrons. The van der Waals surface area contributed by atoms with E-state index in [2.05, 4.69) is 53.6 Å². The first-order valence-corrected chi connectivity index (χ1v) is 8.85. The second kappa shape index (κ2) is 7.19. The first kappa shape index (κ1) is 18.0. The maximum atomic E-state index is 4.85.